The highest BCUT2D eigenvalue weighted by molar-refractivity contribution is 9.10. The number of rotatable bonds is 3. The van der Waals surface area contributed by atoms with Crippen LogP contribution in [0.4, 0.5) is 5.69 Å². The lowest BCUT2D eigenvalue weighted by Gasteiger charge is -2.25. The van der Waals surface area contributed by atoms with Gasteiger partial charge in [-0.25, -0.2) is 0 Å². The second kappa shape index (κ2) is 4.51. The SMILES string of the molecule is CC(C)(CN)Nc1ccc(Cl)c(Br)c1. The van der Waals surface area contributed by atoms with Gasteiger partial charge in [-0.05, 0) is 48.0 Å². The van der Waals surface area contributed by atoms with E-state index >= 15 is 0 Å². The topological polar surface area (TPSA) is 38.0 Å². The maximum atomic E-state index is 5.89. The third-order valence-corrected chi connectivity index (χ3v) is 3.13. The predicted molar refractivity (Wildman–Crippen MR) is 65.9 cm³/mol. The number of anilines is 1. The average molecular weight is 278 g/mol. The van der Waals surface area contributed by atoms with E-state index in [1.54, 1.807) is 0 Å². The minimum atomic E-state index is -0.104. The molecule has 0 saturated carbocycles. The Labute approximate surface area is 98.0 Å². The van der Waals surface area contributed by atoms with Crippen LogP contribution in [0.25, 0.3) is 0 Å². The van der Waals surface area contributed by atoms with E-state index in [2.05, 4.69) is 35.1 Å². The maximum absolute atomic E-state index is 5.89. The summed E-state index contributed by atoms with van der Waals surface area (Å²) in [7, 11) is 0. The van der Waals surface area contributed by atoms with Crippen molar-refractivity contribution in [2.24, 2.45) is 5.73 Å². The zero-order chi connectivity index (χ0) is 10.8. The third-order valence-electron chi connectivity index (χ3n) is 1.91. The molecule has 0 aliphatic heterocycles. The van der Waals surface area contributed by atoms with E-state index in [1.165, 1.54) is 0 Å². The van der Waals surface area contributed by atoms with Crippen molar-refractivity contribution >= 4 is 33.2 Å². The van der Waals surface area contributed by atoms with Crippen molar-refractivity contribution in [3.63, 3.8) is 0 Å². The van der Waals surface area contributed by atoms with Gasteiger partial charge in [0.05, 0.1) is 5.02 Å². The van der Waals surface area contributed by atoms with Crippen LogP contribution in [0.3, 0.4) is 0 Å². The molecule has 0 aliphatic rings. The minimum absolute atomic E-state index is 0.104. The minimum Gasteiger partial charge on any atom is -0.379 e. The van der Waals surface area contributed by atoms with Gasteiger partial charge in [0.2, 0.25) is 0 Å². The summed E-state index contributed by atoms with van der Waals surface area (Å²) in [6.07, 6.45) is 0. The van der Waals surface area contributed by atoms with Gasteiger partial charge < -0.3 is 11.1 Å². The van der Waals surface area contributed by atoms with E-state index < -0.39 is 0 Å². The first-order valence-corrected chi connectivity index (χ1v) is 5.55. The second-order valence-electron chi connectivity index (χ2n) is 3.84. The van der Waals surface area contributed by atoms with Gasteiger partial charge in [0.1, 0.15) is 0 Å². The van der Waals surface area contributed by atoms with Crippen molar-refractivity contribution in [3.05, 3.63) is 27.7 Å². The van der Waals surface area contributed by atoms with Crippen LogP contribution in [0.1, 0.15) is 13.8 Å². The Morgan fingerprint density at radius 3 is 2.64 bits per heavy atom. The lowest BCUT2D eigenvalue weighted by atomic mass is 10.1. The Balaban J connectivity index is 2.83. The first-order chi connectivity index (χ1) is 6.44. The van der Waals surface area contributed by atoms with Gasteiger partial charge in [-0.15, -0.1) is 0 Å². The molecule has 1 aromatic carbocycles. The largest absolute Gasteiger partial charge is 0.379 e. The lowest BCUT2D eigenvalue weighted by molar-refractivity contribution is 0.580. The van der Waals surface area contributed by atoms with E-state index in [0.717, 1.165) is 10.2 Å². The van der Waals surface area contributed by atoms with Gasteiger partial charge in [-0.1, -0.05) is 11.6 Å². The number of nitrogens with two attached hydrogens (primary N) is 1. The maximum Gasteiger partial charge on any atom is 0.0549 e. The smallest absolute Gasteiger partial charge is 0.0549 e. The van der Waals surface area contributed by atoms with E-state index in [-0.39, 0.29) is 5.54 Å². The molecule has 78 valence electrons. The zero-order valence-electron chi connectivity index (χ0n) is 8.27. The van der Waals surface area contributed by atoms with E-state index in [0.29, 0.717) is 11.6 Å². The molecule has 0 fully saturated rings. The van der Waals surface area contributed by atoms with E-state index in [9.17, 15) is 0 Å². The van der Waals surface area contributed by atoms with Gasteiger partial charge in [-0.3, -0.25) is 0 Å². The van der Waals surface area contributed by atoms with Crippen LogP contribution >= 0.6 is 27.5 Å². The molecule has 0 aromatic heterocycles. The molecular weight excluding hydrogens is 263 g/mol. The van der Waals surface area contributed by atoms with Gasteiger partial charge >= 0.3 is 0 Å². The summed E-state index contributed by atoms with van der Waals surface area (Å²) < 4.78 is 0.886. The second-order valence-corrected chi connectivity index (χ2v) is 5.10. The van der Waals surface area contributed by atoms with Crippen LogP contribution < -0.4 is 11.1 Å². The van der Waals surface area contributed by atoms with Crippen LogP contribution in [-0.4, -0.2) is 12.1 Å². The highest BCUT2D eigenvalue weighted by Crippen LogP contribution is 2.26. The average Bonchev–Trinajstić information content (AvgIpc) is 2.11. The van der Waals surface area contributed by atoms with Crippen LogP contribution in [0.2, 0.25) is 5.02 Å². The first-order valence-electron chi connectivity index (χ1n) is 4.38. The highest BCUT2D eigenvalue weighted by atomic mass is 79.9. The van der Waals surface area contributed by atoms with E-state index in [1.807, 2.05) is 18.2 Å². The van der Waals surface area contributed by atoms with Crippen LogP contribution in [-0.2, 0) is 0 Å². The highest BCUT2D eigenvalue weighted by Gasteiger charge is 2.14. The van der Waals surface area contributed by atoms with Gasteiger partial charge in [0.15, 0.2) is 0 Å². The van der Waals surface area contributed by atoms with Crippen molar-refractivity contribution in [1.29, 1.82) is 0 Å². The monoisotopic (exact) mass is 276 g/mol. The van der Waals surface area contributed by atoms with Crippen LogP contribution in [0, 0.1) is 0 Å². The van der Waals surface area contributed by atoms with Crippen LogP contribution in [0.5, 0.6) is 0 Å². The Morgan fingerprint density at radius 2 is 2.14 bits per heavy atom. The standard InChI is InChI=1S/C10H14BrClN2/c1-10(2,6-13)14-7-3-4-9(12)8(11)5-7/h3-5,14H,6,13H2,1-2H3. The zero-order valence-corrected chi connectivity index (χ0v) is 10.6. The van der Waals surface area contributed by atoms with Crippen molar-refractivity contribution in [1.82, 2.24) is 0 Å². The molecule has 0 atom stereocenters. The normalized spacial score (nSPS) is 11.5. The molecule has 0 amide bonds. The predicted octanol–water partition coefficient (Wildman–Crippen LogP) is 3.25. The Kier molecular flexibility index (Phi) is 3.81. The molecule has 1 rings (SSSR count). The van der Waals surface area contributed by atoms with Gasteiger partial charge in [0.25, 0.3) is 0 Å². The molecule has 2 nitrogen and oxygen atoms in total. The lowest BCUT2D eigenvalue weighted by Crippen LogP contribution is -2.39. The molecule has 0 unspecified atom stereocenters. The summed E-state index contributed by atoms with van der Waals surface area (Å²) in [5, 5.41) is 4.03. The van der Waals surface area contributed by atoms with Crippen molar-refractivity contribution < 1.29 is 0 Å². The molecule has 0 bridgehead atoms. The first kappa shape index (κ1) is 11.8. The molecule has 3 N–H and O–H groups in total. The molecule has 4 heteroatoms. The molecule has 0 aliphatic carbocycles. The summed E-state index contributed by atoms with van der Waals surface area (Å²) in [5.41, 5.74) is 6.53. The summed E-state index contributed by atoms with van der Waals surface area (Å²) >= 11 is 9.26. The molecule has 0 spiro atoms. The molecule has 0 heterocycles. The number of nitrogens with one attached hydrogen (secondary N) is 1. The molecule has 0 radical (unpaired) electrons. The number of hydrogen-bond acceptors (Lipinski definition) is 2. The van der Waals surface area contributed by atoms with Crippen LogP contribution in [0.15, 0.2) is 22.7 Å². The summed E-state index contributed by atoms with van der Waals surface area (Å²) in [6, 6.07) is 5.73. The molecule has 14 heavy (non-hydrogen) atoms. The third kappa shape index (κ3) is 3.15. The molecule has 1 aromatic rings. The number of halogens is 2. The molecule has 0 saturated heterocycles. The Bertz CT molecular complexity index is 326. The number of hydrogen-bond donors (Lipinski definition) is 2. The summed E-state index contributed by atoms with van der Waals surface area (Å²) in [4.78, 5) is 0. The molecular formula is C10H14BrClN2. The van der Waals surface area contributed by atoms with Crippen molar-refractivity contribution in [3.8, 4) is 0 Å². The Hall–Kier alpha value is -0.250. The fourth-order valence-corrected chi connectivity index (χ4v) is 1.51. The quantitative estimate of drug-likeness (QED) is 0.890. The summed E-state index contributed by atoms with van der Waals surface area (Å²) in [5.74, 6) is 0. The fraction of sp³-hybridized carbons (Fsp3) is 0.400. The van der Waals surface area contributed by atoms with Gasteiger partial charge in [-0.2, -0.15) is 0 Å². The number of benzene rings is 1. The van der Waals surface area contributed by atoms with Crippen molar-refractivity contribution in [2.75, 3.05) is 11.9 Å². The van der Waals surface area contributed by atoms with Gasteiger partial charge in [0, 0.05) is 22.2 Å². The Morgan fingerprint density at radius 1 is 1.50 bits per heavy atom. The van der Waals surface area contributed by atoms with E-state index in [4.69, 9.17) is 17.3 Å². The fourth-order valence-electron chi connectivity index (χ4n) is 1.02. The van der Waals surface area contributed by atoms with Crippen molar-refractivity contribution in [2.45, 2.75) is 19.4 Å². The summed E-state index contributed by atoms with van der Waals surface area (Å²) in [6.45, 7) is 4.68.